The maximum atomic E-state index is 11.3. The van der Waals surface area contributed by atoms with E-state index in [1.807, 2.05) is 20.8 Å². The number of aldehydes is 1. The van der Waals surface area contributed by atoms with Gasteiger partial charge in [-0.05, 0) is 33.6 Å². The Kier molecular flexibility index (Phi) is 7.54. The fourth-order valence-corrected chi connectivity index (χ4v) is 1.28. The normalized spacial score (nSPS) is 12.9. The largest absolute Gasteiger partial charge is 0.444 e. The number of nitrogens with two attached hydrogens (primary N) is 1. The maximum absolute atomic E-state index is 11.3. The zero-order valence-electron chi connectivity index (χ0n) is 11.0. The molecule has 0 heterocycles. The highest BCUT2D eigenvalue weighted by Gasteiger charge is 2.15. The van der Waals surface area contributed by atoms with E-state index in [0.29, 0.717) is 13.0 Å². The number of carbonyl (C=O) groups excluding carboxylic acids is 2. The first-order chi connectivity index (χ1) is 7.85. The summed E-state index contributed by atoms with van der Waals surface area (Å²) >= 11 is 0. The minimum absolute atomic E-state index is 0.0611. The number of rotatable bonds is 7. The number of hydrogen-bond acceptors (Lipinski definition) is 4. The molecule has 0 aromatic heterocycles. The van der Waals surface area contributed by atoms with Crippen molar-refractivity contribution in [1.82, 2.24) is 5.32 Å². The van der Waals surface area contributed by atoms with Gasteiger partial charge in [0.15, 0.2) is 0 Å². The Balaban J connectivity index is 3.45. The Morgan fingerprint density at radius 3 is 2.59 bits per heavy atom. The van der Waals surface area contributed by atoms with Crippen molar-refractivity contribution in [3.8, 4) is 0 Å². The first-order valence-electron chi connectivity index (χ1n) is 6.01. The Morgan fingerprint density at radius 2 is 2.06 bits per heavy atom. The molecule has 1 atom stereocenters. The molecule has 0 aromatic rings. The van der Waals surface area contributed by atoms with Crippen molar-refractivity contribution in [3.05, 3.63) is 0 Å². The summed E-state index contributed by atoms with van der Waals surface area (Å²) in [5.41, 5.74) is 5.20. The highest BCUT2D eigenvalue weighted by atomic mass is 16.6. The van der Waals surface area contributed by atoms with Gasteiger partial charge in [0.2, 0.25) is 0 Å². The molecule has 1 unspecified atom stereocenters. The molecule has 0 spiro atoms. The van der Waals surface area contributed by atoms with E-state index in [1.54, 1.807) is 0 Å². The van der Waals surface area contributed by atoms with Crippen LogP contribution in [-0.2, 0) is 9.53 Å². The summed E-state index contributed by atoms with van der Waals surface area (Å²) in [7, 11) is 0. The summed E-state index contributed by atoms with van der Waals surface area (Å²) in [4.78, 5) is 21.4. The number of carbonyl (C=O) groups is 2. The fraction of sp³-hybridized carbons (Fsp3) is 0.833. The predicted molar refractivity (Wildman–Crippen MR) is 66.7 cm³/mol. The van der Waals surface area contributed by atoms with Crippen molar-refractivity contribution >= 4 is 12.4 Å². The number of alkyl carbamates (subject to hydrolysis) is 1. The quantitative estimate of drug-likeness (QED) is 0.526. The molecule has 17 heavy (non-hydrogen) atoms. The molecular weight excluding hydrogens is 220 g/mol. The van der Waals surface area contributed by atoms with Crippen LogP contribution in [-0.4, -0.2) is 30.6 Å². The summed E-state index contributed by atoms with van der Waals surface area (Å²) in [6.07, 6.45) is 3.38. The summed E-state index contributed by atoms with van der Waals surface area (Å²) in [6.45, 7) is 6.05. The third-order valence-electron chi connectivity index (χ3n) is 2.07. The first-order valence-corrected chi connectivity index (χ1v) is 6.01. The van der Waals surface area contributed by atoms with E-state index >= 15 is 0 Å². The van der Waals surface area contributed by atoms with E-state index in [4.69, 9.17) is 10.5 Å². The number of ether oxygens (including phenoxy) is 1. The van der Waals surface area contributed by atoms with Gasteiger partial charge in [0.1, 0.15) is 11.9 Å². The molecular formula is C12H24N2O3. The van der Waals surface area contributed by atoms with Crippen molar-refractivity contribution in [3.63, 3.8) is 0 Å². The van der Waals surface area contributed by atoms with Crippen LogP contribution in [0.15, 0.2) is 0 Å². The van der Waals surface area contributed by atoms with Gasteiger partial charge in [-0.2, -0.15) is 0 Å². The second-order valence-corrected chi connectivity index (χ2v) is 5.09. The molecule has 0 aliphatic carbocycles. The van der Waals surface area contributed by atoms with Crippen molar-refractivity contribution < 1.29 is 14.3 Å². The zero-order chi connectivity index (χ0) is 13.3. The van der Waals surface area contributed by atoms with Crippen LogP contribution in [0.25, 0.3) is 0 Å². The van der Waals surface area contributed by atoms with Crippen LogP contribution in [0.5, 0.6) is 0 Å². The molecule has 0 radical (unpaired) electrons. The third kappa shape index (κ3) is 11.2. The molecule has 100 valence electrons. The Hall–Kier alpha value is -1.10. The number of unbranched alkanes of at least 4 members (excludes halogenated alkanes) is 1. The first kappa shape index (κ1) is 15.9. The van der Waals surface area contributed by atoms with E-state index in [-0.39, 0.29) is 6.04 Å². The standard InChI is InChI=1S/C12H24N2O3/c1-12(2,3)17-11(16)14-8-5-4-6-10(13)7-9-15/h9-10H,4-8,13H2,1-3H3,(H,14,16). The molecule has 0 aliphatic heterocycles. The monoisotopic (exact) mass is 244 g/mol. The van der Waals surface area contributed by atoms with Gasteiger partial charge in [-0.25, -0.2) is 4.79 Å². The molecule has 0 aliphatic rings. The molecule has 0 bridgehead atoms. The zero-order valence-corrected chi connectivity index (χ0v) is 11.0. The second-order valence-electron chi connectivity index (χ2n) is 5.09. The lowest BCUT2D eigenvalue weighted by molar-refractivity contribution is -0.108. The van der Waals surface area contributed by atoms with E-state index in [2.05, 4.69) is 5.32 Å². The van der Waals surface area contributed by atoms with Crippen LogP contribution in [0.4, 0.5) is 4.79 Å². The average Bonchev–Trinajstić information content (AvgIpc) is 2.14. The molecule has 0 saturated heterocycles. The molecule has 3 N–H and O–H groups in total. The van der Waals surface area contributed by atoms with Crippen LogP contribution in [0.1, 0.15) is 46.5 Å². The molecule has 5 heteroatoms. The van der Waals surface area contributed by atoms with Gasteiger partial charge in [0.05, 0.1) is 0 Å². The number of nitrogens with one attached hydrogen (secondary N) is 1. The van der Waals surface area contributed by atoms with E-state index in [1.165, 1.54) is 0 Å². The Bertz CT molecular complexity index is 236. The molecule has 0 fully saturated rings. The minimum Gasteiger partial charge on any atom is -0.444 e. The minimum atomic E-state index is -0.462. The highest BCUT2D eigenvalue weighted by Crippen LogP contribution is 2.06. The lowest BCUT2D eigenvalue weighted by Gasteiger charge is -2.19. The van der Waals surface area contributed by atoms with Crippen molar-refractivity contribution in [2.45, 2.75) is 58.1 Å². The van der Waals surface area contributed by atoms with Crippen LogP contribution >= 0.6 is 0 Å². The van der Waals surface area contributed by atoms with Gasteiger partial charge in [-0.15, -0.1) is 0 Å². The van der Waals surface area contributed by atoms with Gasteiger partial charge < -0.3 is 20.6 Å². The topological polar surface area (TPSA) is 81.4 Å². The molecule has 0 rings (SSSR count). The molecule has 1 amide bonds. The fourth-order valence-electron chi connectivity index (χ4n) is 1.28. The summed E-state index contributed by atoms with van der Waals surface area (Å²) in [6, 6.07) is -0.0611. The van der Waals surface area contributed by atoms with Crippen molar-refractivity contribution in [2.75, 3.05) is 6.54 Å². The molecule has 5 nitrogen and oxygen atoms in total. The van der Waals surface area contributed by atoms with E-state index in [0.717, 1.165) is 25.5 Å². The number of hydrogen-bond donors (Lipinski definition) is 2. The lowest BCUT2D eigenvalue weighted by Crippen LogP contribution is -2.33. The van der Waals surface area contributed by atoms with Gasteiger partial charge in [0.25, 0.3) is 0 Å². The average molecular weight is 244 g/mol. The van der Waals surface area contributed by atoms with Crippen LogP contribution in [0, 0.1) is 0 Å². The SMILES string of the molecule is CC(C)(C)OC(=O)NCCCCC(N)CC=O. The van der Waals surface area contributed by atoms with Gasteiger partial charge in [-0.3, -0.25) is 0 Å². The molecule has 0 aromatic carbocycles. The van der Waals surface area contributed by atoms with Gasteiger partial charge in [-0.1, -0.05) is 6.42 Å². The van der Waals surface area contributed by atoms with Crippen molar-refractivity contribution in [2.24, 2.45) is 5.73 Å². The maximum Gasteiger partial charge on any atom is 0.407 e. The predicted octanol–water partition coefficient (Wildman–Crippen LogP) is 1.60. The van der Waals surface area contributed by atoms with E-state index in [9.17, 15) is 9.59 Å². The van der Waals surface area contributed by atoms with Crippen LogP contribution in [0.2, 0.25) is 0 Å². The summed E-state index contributed by atoms with van der Waals surface area (Å²) in [5, 5.41) is 2.67. The smallest absolute Gasteiger partial charge is 0.407 e. The molecule has 0 saturated carbocycles. The van der Waals surface area contributed by atoms with Crippen molar-refractivity contribution in [1.29, 1.82) is 0 Å². The summed E-state index contributed by atoms with van der Waals surface area (Å²) < 4.78 is 5.08. The Labute approximate surface area is 103 Å². The van der Waals surface area contributed by atoms with Gasteiger partial charge in [0, 0.05) is 19.0 Å². The third-order valence-corrected chi connectivity index (χ3v) is 2.07. The Morgan fingerprint density at radius 1 is 1.41 bits per heavy atom. The summed E-state index contributed by atoms with van der Waals surface area (Å²) in [5.74, 6) is 0. The second kappa shape index (κ2) is 8.06. The van der Waals surface area contributed by atoms with Gasteiger partial charge >= 0.3 is 6.09 Å². The number of amides is 1. The lowest BCUT2D eigenvalue weighted by atomic mass is 10.1. The van der Waals surface area contributed by atoms with E-state index < -0.39 is 11.7 Å². The van der Waals surface area contributed by atoms with Crippen LogP contribution in [0.3, 0.4) is 0 Å². The van der Waals surface area contributed by atoms with Crippen LogP contribution < -0.4 is 11.1 Å². The highest BCUT2D eigenvalue weighted by molar-refractivity contribution is 5.67.